The molecule has 2 unspecified atom stereocenters. The van der Waals surface area contributed by atoms with Crippen molar-refractivity contribution in [3.05, 3.63) is 0 Å². The van der Waals surface area contributed by atoms with E-state index in [1.165, 1.54) is 0 Å². The van der Waals surface area contributed by atoms with Gasteiger partial charge in [0.1, 0.15) is 0 Å². The summed E-state index contributed by atoms with van der Waals surface area (Å²) in [6.07, 6.45) is 2.12. The largest absolute Gasteiger partial charge is 0.326 e. The zero-order valence-corrected chi connectivity index (χ0v) is 12.9. The average molecular weight is 254 g/mol. The lowest BCUT2D eigenvalue weighted by molar-refractivity contribution is -0.131. The van der Waals surface area contributed by atoms with Crippen molar-refractivity contribution in [1.29, 1.82) is 0 Å². The molecular weight excluding hydrogens is 224 g/mol. The van der Waals surface area contributed by atoms with Gasteiger partial charge in [-0.25, -0.2) is 0 Å². The monoisotopic (exact) mass is 254 g/mol. The summed E-state index contributed by atoms with van der Waals surface area (Å²) in [6, 6.07) is 0.0370. The zero-order chi connectivity index (χ0) is 13.9. The maximum absolute atomic E-state index is 12.3. The van der Waals surface area contributed by atoms with Crippen molar-refractivity contribution in [2.45, 2.75) is 66.6 Å². The highest BCUT2D eigenvalue weighted by Crippen LogP contribution is 2.25. The van der Waals surface area contributed by atoms with Gasteiger partial charge < -0.3 is 4.90 Å². The van der Waals surface area contributed by atoms with Gasteiger partial charge in [-0.1, -0.05) is 41.5 Å². The molecule has 0 radical (unpaired) electrons. The minimum Gasteiger partial charge on any atom is -0.326 e. The van der Waals surface area contributed by atoms with Crippen LogP contribution in [0.2, 0.25) is 0 Å². The maximum Gasteiger partial charge on any atom is 0.241 e. The van der Waals surface area contributed by atoms with Crippen molar-refractivity contribution in [3.8, 4) is 0 Å². The molecule has 3 nitrogen and oxygen atoms in total. The third-order valence-electron chi connectivity index (χ3n) is 4.27. The maximum atomic E-state index is 12.3. The Morgan fingerprint density at radius 2 is 1.67 bits per heavy atom. The first-order chi connectivity index (χ1) is 8.42. The summed E-state index contributed by atoms with van der Waals surface area (Å²) in [5.41, 5.74) is 0. The molecule has 1 N–H and O–H groups in total. The van der Waals surface area contributed by atoms with Crippen molar-refractivity contribution in [2.24, 2.45) is 17.8 Å². The van der Waals surface area contributed by atoms with Gasteiger partial charge in [-0.3, -0.25) is 10.1 Å². The first-order valence-electron chi connectivity index (χ1n) is 7.48. The van der Waals surface area contributed by atoms with Crippen molar-refractivity contribution in [2.75, 3.05) is 6.54 Å². The Bertz CT molecular complexity index is 268. The Labute approximate surface area is 112 Å². The summed E-state index contributed by atoms with van der Waals surface area (Å²) in [4.78, 5) is 14.4. The molecule has 2 atom stereocenters. The van der Waals surface area contributed by atoms with Crippen LogP contribution in [-0.4, -0.2) is 29.6 Å². The average Bonchev–Trinajstić information content (AvgIpc) is 2.61. The standard InChI is InChI=1S/C15H30N2O/c1-7-13-15(18)17(14(8-2)16-13)9-12(10(3)4)11(5)6/h10-14,16H,7-9H2,1-6H3. The number of hydrogen-bond acceptors (Lipinski definition) is 2. The number of amides is 1. The second kappa shape index (κ2) is 6.55. The topological polar surface area (TPSA) is 32.3 Å². The van der Waals surface area contributed by atoms with Crippen LogP contribution in [0.5, 0.6) is 0 Å². The third-order valence-corrected chi connectivity index (χ3v) is 4.27. The van der Waals surface area contributed by atoms with Crippen molar-refractivity contribution < 1.29 is 4.79 Å². The molecule has 0 aromatic rings. The molecule has 1 rings (SSSR count). The molecule has 0 saturated carbocycles. The van der Waals surface area contributed by atoms with Crippen molar-refractivity contribution in [3.63, 3.8) is 0 Å². The van der Waals surface area contributed by atoms with E-state index in [1.54, 1.807) is 0 Å². The summed E-state index contributed by atoms with van der Waals surface area (Å²) in [5, 5.41) is 3.45. The second-order valence-electron chi connectivity index (χ2n) is 6.19. The van der Waals surface area contributed by atoms with Gasteiger partial charge >= 0.3 is 0 Å². The lowest BCUT2D eigenvalue weighted by atomic mass is 9.85. The summed E-state index contributed by atoms with van der Waals surface area (Å²) >= 11 is 0. The molecule has 0 aliphatic carbocycles. The van der Waals surface area contributed by atoms with Crippen LogP contribution in [0.3, 0.4) is 0 Å². The molecule has 18 heavy (non-hydrogen) atoms. The molecule has 0 aromatic heterocycles. The first-order valence-corrected chi connectivity index (χ1v) is 7.48. The van der Waals surface area contributed by atoms with Crippen molar-refractivity contribution in [1.82, 2.24) is 10.2 Å². The van der Waals surface area contributed by atoms with Gasteiger partial charge in [0.25, 0.3) is 0 Å². The van der Waals surface area contributed by atoms with Gasteiger partial charge in [0, 0.05) is 6.54 Å². The fraction of sp³-hybridized carbons (Fsp3) is 0.933. The van der Waals surface area contributed by atoms with Crippen LogP contribution in [0.4, 0.5) is 0 Å². The van der Waals surface area contributed by atoms with Gasteiger partial charge in [0.15, 0.2) is 0 Å². The molecule has 0 bridgehead atoms. The van der Waals surface area contributed by atoms with E-state index in [0.717, 1.165) is 19.4 Å². The number of rotatable bonds is 6. The molecule has 1 heterocycles. The highest BCUT2D eigenvalue weighted by atomic mass is 16.2. The predicted molar refractivity (Wildman–Crippen MR) is 76.2 cm³/mol. The molecule has 1 saturated heterocycles. The molecule has 1 fully saturated rings. The van der Waals surface area contributed by atoms with Crippen LogP contribution >= 0.6 is 0 Å². The molecule has 3 heteroatoms. The van der Waals surface area contributed by atoms with Gasteiger partial charge in [0.2, 0.25) is 5.91 Å². The van der Waals surface area contributed by atoms with Crippen LogP contribution in [-0.2, 0) is 4.79 Å². The quantitative estimate of drug-likeness (QED) is 0.790. The number of carbonyl (C=O) groups is 1. The predicted octanol–water partition coefficient (Wildman–Crippen LogP) is 2.86. The van der Waals surface area contributed by atoms with E-state index in [4.69, 9.17) is 0 Å². The molecule has 1 amide bonds. The van der Waals surface area contributed by atoms with Gasteiger partial charge in [-0.15, -0.1) is 0 Å². The van der Waals surface area contributed by atoms with E-state index in [0.29, 0.717) is 23.7 Å². The number of carbonyl (C=O) groups excluding carboxylic acids is 1. The lowest BCUT2D eigenvalue weighted by Crippen LogP contribution is -2.42. The molecule has 0 spiro atoms. The van der Waals surface area contributed by atoms with E-state index in [2.05, 4.69) is 51.8 Å². The SMILES string of the molecule is CCC1NC(CC)N(CC(C(C)C)C(C)C)C1=O. The number of hydrogen-bond donors (Lipinski definition) is 1. The van der Waals surface area contributed by atoms with Gasteiger partial charge in [-0.2, -0.15) is 0 Å². The minimum absolute atomic E-state index is 0.0370. The smallest absolute Gasteiger partial charge is 0.241 e. The fourth-order valence-corrected chi connectivity index (χ4v) is 3.01. The lowest BCUT2D eigenvalue weighted by Gasteiger charge is -2.32. The Kier molecular flexibility index (Phi) is 5.64. The Morgan fingerprint density at radius 1 is 1.11 bits per heavy atom. The summed E-state index contributed by atoms with van der Waals surface area (Å²) in [6.45, 7) is 14.2. The van der Waals surface area contributed by atoms with Gasteiger partial charge in [0.05, 0.1) is 12.2 Å². The normalized spacial score (nSPS) is 24.9. The summed E-state index contributed by atoms with van der Waals surface area (Å²) < 4.78 is 0. The Balaban J connectivity index is 2.76. The fourth-order valence-electron chi connectivity index (χ4n) is 3.01. The molecule has 1 aliphatic rings. The van der Waals surface area contributed by atoms with Crippen LogP contribution in [0.1, 0.15) is 54.4 Å². The van der Waals surface area contributed by atoms with E-state index in [1.807, 2.05) is 0 Å². The van der Waals surface area contributed by atoms with E-state index < -0.39 is 0 Å². The molecular formula is C15H30N2O. The Hall–Kier alpha value is -0.570. The number of nitrogens with zero attached hydrogens (tertiary/aromatic N) is 1. The molecule has 106 valence electrons. The van der Waals surface area contributed by atoms with E-state index in [-0.39, 0.29) is 12.2 Å². The van der Waals surface area contributed by atoms with Gasteiger partial charge in [-0.05, 0) is 30.6 Å². The number of nitrogens with one attached hydrogen (secondary N) is 1. The van der Waals surface area contributed by atoms with E-state index >= 15 is 0 Å². The summed E-state index contributed by atoms with van der Waals surface area (Å²) in [7, 11) is 0. The second-order valence-corrected chi connectivity index (χ2v) is 6.19. The summed E-state index contributed by atoms with van der Waals surface area (Å²) in [5.74, 6) is 2.13. The highest BCUT2D eigenvalue weighted by molar-refractivity contribution is 5.84. The van der Waals surface area contributed by atoms with Crippen LogP contribution in [0, 0.1) is 17.8 Å². The zero-order valence-electron chi connectivity index (χ0n) is 12.9. The molecule has 0 aromatic carbocycles. The van der Waals surface area contributed by atoms with Crippen LogP contribution < -0.4 is 5.32 Å². The molecule has 1 aliphatic heterocycles. The highest BCUT2D eigenvalue weighted by Gasteiger charge is 2.38. The third kappa shape index (κ3) is 3.25. The Morgan fingerprint density at radius 3 is 2.06 bits per heavy atom. The van der Waals surface area contributed by atoms with Crippen LogP contribution in [0.25, 0.3) is 0 Å². The van der Waals surface area contributed by atoms with Crippen molar-refractivity contribution >= 4 is 5.91 Å². The minimum atomic E-state index is 0.0370. The first kappa shape index (κ1) is 15.5. The van der Waals surface area contributed by atoms with E-state index in [9.17, 15) is 4.79 Å². The van der Waals surface area contributed by atoms with Crippen LogP contribution in [0.15, 0.2) is 0 Å².